The third-order valence-corrected chi connectivity index (χ3v) is 7.62. The molecule has 1 aromatic heterocycles. The molecule has 1 amide bonds. The Bertz CT molecular complexity index is 885. The maximum atomic E-state index is 13.5. The highest BCUT2D eigenvalue weighted by atomic mass is 32.2. The fraction of sp³-hybridized carbons (Fsp3) is 0.609. The molecule has 0 bridgehead atoms. The number of thioether (sulfide) groups is 1. The van der Waals surface area contributed by atoms with Gasteiger partial charge in [-0.05, 0) is 70.5 Å². The van der Waals surface area contributed by atoms with Crippen molar-refractivity contribution >= 4 is 17.7 Å². The molecule has 0 saturated heterocycles. The van der Waals surface area contributed by atoms with Crippen molar-refractivity contribution in [2.45, 2.75) is 69.4 Å². The highest BCUT2D eigenvalue weighted by Crippen LogP contribution is 2.32. The van der Waals surface area contributed by atoms with Crippen LogP contribution in [0.1, 0.15) is 58.8 Å². The fourth-order valence-corrected chi connectivity index (χ4v) is 4.87. The number of nitrogens with one attached hydrogen (secondary N) is 1. The summed E-state index contributed by atoms with van der Waals surface area (Å²) in [7, 11) is 3.95. The molecule has 31 heavy (non-hydrogen) atoms. The van der Waals surface area contributed by atoms with Gasteiger partial charge < -0.3 is 5.32 Å². The maximum Gasteiger partial charge on any atom is 0.233 e. The van der Waals surface area contributed by atoms with Gasteiger partial charge in [0.25, 0.3) is 0 Å². The molecule has 6 nitrogen and oxygen atoms in total. The molecule has 1 aliphatic rings. The van der Waals surface area contributed by atoms with E-state index in [0.717, 1.165) is 24.4 Å². The topological polar surface area (TPSA) is 63.1 Å². The first kappa shape index (κ1) is 23.7. The quantitative estimate of drug-likeness (QED) is 0.636. The Hall–Kier alpha value is -1.93. The van der Waals surface area contributed by atoms with Gasteiger partial charge in [0.2, 0.25) is 5.91 Å². The van der Waals surface area contributed by atoms with Gasteiger partial charge in [0.15, 0.2) is 11.0 Å². The van der Waals surface area contributed by atoms with Crippen molar-refractivity contribution in [2.75, 3.05) is 14.1 Å². The van der Waals surface area contributed by atoms with E-state index in [1.807, 2.05) is 37.4 Å². The van der Waals surface area contributed by atoms with E-state index >= 15 is 0 Å². The lowest BCUT2D eigenvalue weighted by Crippen LogP contribution is -2.46. The number of amides is 1. The van der Waals surface area contributed by atoms with Crippen molar-refractivity contribution in [1.29, 1.82) is 0 Å². The Balaban J connectivity index is 1.81. The van der Waals surface area contributed by atoms with Gasteiger partial charge in [-0.15, -0.1) is 10.2 Å². The maximum absolute atomic E-state index is 13.5. The largest absolute Gasteiger partial charge is 0.352 e. The molecular formula is C23H34FN5OS. The summed E-state index contributed by atoms with van der Waals surface area (Å²) in [5, 5.41) is 12.4. The number of nitrogens with zero attached hydrogens (tertiary/aromatic N) is 4. The minimum absolute atomic E-state index is 0.000566. The molecule has 2 aromatic rings. The number of aromatic nitrogens is 3. The molecule has 1 aromatic carbocycles. The van der Waals surface area contributed by atoms with Crippen molar-refractivity contribution in [2.24, 2.45) is 11.8 Å². The third-order valence-electron chi connectivity index (χ3n) is 6.58. The van der Waals surface area contributed by atoms with Crippen LogP contribution in [0.25, 0.3) is 5.69 Å². The number of hydrogen-bond acceptors (Lipinski definition) is 5. The lowest BCUT2D eigenvalue weighted by atomic mass is 9.78. The highest BCUT2D eigenvalue weighted by Gasteiger charge is 2.30. The van der Waals surface area contributed by atoms with E-state index in [4.69, 9.17) is 0 Å². The lowest BCUT2D eigenvalue weighted by molar-refractivity contribution is -0.121. The highest BCUT2D eigenvalue weighted by molar-refractivity contribution is 8.00. The van der Waals surface area contributed by atoms with Gasteiger partial charge in [-0.3, -0.25) is 14.3 Å². The van der Waals surface area contributed by atoms with E-state index in [9.17, 15) is 9.18 Å². The molecule has 0 radical (unpaired) electrons. The predicted octanol–water partition coefficient (Wildman–Crippen LogP) is 4.45. The number of carbonyl (C=O) groups excluding carboxylic acids is 1. The Morgan fingerprint density at radius 1 is 1.19 bits per heavy atom. The molecule has 1 saturated carbocycles. The molecule has 8 heteroatoms. The molecule has 0 unspecified atom stereocenters. The molecule has 1 aliphatic carbocycles. The second-order valence-corrected chi connectivity index (χ2v) is 10.2. The van der Waals surface area contributed by atoms with E-state index in [0.29, 0.717) is 17.0 Å². The Morgan fingerprint density at radius 2 is 1.87 bits per heavy atom. The van der Waals surface area contributed by atoms with Gasteiger partial charge in [-0.1, -0.05) is 38.5 Å². The summed E-state index contributed by atoms with van der Waals surface area (Å²) in [5.74, 6) is 1.58. The predicted molar refractivity (Wildman–Crippen MR) is 123 cm³/mol. The van der Waals surface area contributed by atoms with Crippen molar-refractivity contribution in [3.05, 3.63) is 35.9 Å². The molecule has 3 rings (SSSR count). The van der Waals surface area contributed by atoms with Crippen LogP contribution in [0.3, 0.4) is 0 Å². The summed E-state index contributed by atoms with van der Waals surface area (Å²) in [6.45, 7) is 8.43. The summed E-state index contributed by atoms with van der Waals surface area (Å²) in [5.41, 5.74) is 0.778. The second-order valence-electron chi connectivity index (χ2n) is 8.93. The van der Waals surface area contributed by atoms with Crippen LogP contribution in [0.15, 0.2) is 29.4 Å². The number of carbonyl (C=O) groups is 1. The lowest BCUT2D eigenvalue weighted by Gasteiger charge is -2.35. The van der Waals surface area contributed by atoms with Crippen molar-refractivity contribution in [1.82, 2.24) is 25.0 Å². The zero-order valence-electron chi connectivity index (χ0n) is 19.3. The van der Waals surface area contributed by atoms with Gasteiger partial charge >= 0.3 is 0 Å². The average molecular weight is 448 g/mol. The molecule has 1 heterocycles. The first-order valence-corrected chi connectivity index (χ1v) is 11.9. The minimum Gasteiger partial charge on any atom is -0.352 e. The number of benzene rings is 1. The number of hydrogen-bond donors (Lipinski definition) is 1. The van der Waals surface area contributed by atoms with Crippen LogP contribution in [-0.4, -0.2) is 51.0 Å². The van der Waals surface area contributed by atoms with Crippen LogP contribution in [0.2, 0.25) is 0 Å². The van der Waals surface area contributed by atoms with Crippen LogP contribution in [-0.2, 0) is 4.79 Å². The van der Waals surface area contributed by atoms with E-state index < -0.39 is 0 Å². The summed E-state index contributed by atoms with van der Waals surface area (Å²) in [4.78, 5) is 15.0. The molecule has 170 valence electrons. The minimum atomic E-state index is -0.324. The van der Waals surface area contributed by atoms with E-state index in [-0.39, 0.29) is 29.1 Å². The zero-order chi connectivity index (χ0) is 22.7. The van der Waals surface area contributed by atoms with Crippen molar-refractivity contribution in [3.63, 3.8) is 0 Å². The standard InChI is InChI=1S/C23H34FN5OS/c1-14-8-7-9-20(15(14)2)25-22(30)17(4)31-23-27-26-21(16(3)28(5)6)29(23)19-12-10-18(24)11-13-19/h10-17,20H,7-9H2,1-6H3,(H,25,30)/t14-,15+,16+,17+,20-/m0/s1. The van der Waals surface area contributed by atoms with E-state index in [1.54, 1.807) is 12.1 Å². The van der Waals surface area contributed by atoms with E-state index in [1.165, 1.54) is 30.3 Å². The Labute approximate surface area is 189 Å². The second kappa shape index (κ2) is 10.1. The first-order valence-electron chi connectivity index (χ1n) is 11.0. The number of rotatable bonds is 7. The van der Waals surface area contributed by atoms with Crippen LogP contribution in [0.4, 0.5) is 4.39 Å². The molecule has 0 spiro atoms. The molecule has 0 aliphatic heterocycles. The number of halogens is 1. The SMILES string of the molecule is C[C@H]1[C@@H](NC(=O)[C@@H](C)Sc2nnc([C@@H](C)N(C)C)n2-c2ccc(F)cc2)CCC[C@@H]1C. The summed E-state index contributed by atoms with van der Waals surface area (Å²) >= 11 is 1.38. The van der Waals surface area contributed by atoms with Gasteiger partial charge in [0.1, 0.15) is 5.82 Å². The smallest absolute Gasteiger partial charge is 0.233 e. The monoisotopic (exact) mass is 447 g/mol. The summed E-state index contributed by atoms with van der Waals surface area (Å²) in [6, 6.07) is 6.50. The van der Waals surface area contributed by atoms with Gasteiger partial charge in [0.05, 0.1) is 11.3 Å². The first-order chi connectivity index (χ1) is 14.7. The summed E-state index contributed by atoms with van der Waals surface area (Å²) < 4.78 is 15.4. The van der Waals surface area contributed by atoms with E-state index in [2.05, 4.69) is 29.4 Å². The molecular weight excluding hydrogens is 413 g/mol. The fourth-order valence-electron chi connectivity index (χ4n) is 3.99. The Kier molecular flexibility index (Phi) is 7.75. The normalized spacial score (nSPS) is 23.5. The van der Waals surface area contributed by atoms with Crippen molar-refractivity contribution in [3.8, 4) is 5.69 Å². The molecule has 1 fully saturated rings. The van der Waals surface area contributed by atoms with Crippen LogP contribution in [0, 0.1) is 17.7 Å². The molecule has 1 N–H and O–H groups in total. The summed E-state index contributed by atoms with van der Waals surface area (Å²) in [6.07, 6.45) is 3.42. The average Bonchev–Trinajstić information content (AvgIpc) is 3.14. The van der Waals surface area contributed by atoms with Crippen LogP contribution >= 0.6 is 11.8 Å². The van der Waals surface area contributed by atoms with Crippen molar-refractivity contribution < 1.29 is 9.18 Å². The van der Waals surface area contributed by atoms with Crippen LogP contribution in [0.5, 0.6) is 0 Å². The van der Waals surface area contributed by atoms with Gasteiger partial charge in [0, 0.05) is 11.7 Å². The van der Waals surface area contributed by atoms with Gasteiger partial charge in [-0.25, -0.2) is 4.39 Å². The zero-order valence-corrected chi connectivity index (χ0v) is 20.1. The van der Waals surface area contributed by atoms with Gasteiger partial charge in [-0.2, -0.15) is 0 Å². The van der Waals surface area contributed by atoms with Crippen LogP contribution < -0.4 is 5.32 Å². The Morgan fingerprint density at radius 3 is 2.52 bits per heavy atom. The third kappa shape index (κ3) is 5.47. The molecule has 5 atom stereocenters.